The van der Waals surface area contributed by atoms with Crippen LogP contribution in [0.5, 0.6) is 0 Å². The molecule has 0 spiro atoms. The summed E-state index contributed by atoms with van der Waals surface area (Å²) in [6.07, 6.45) is 5.48. The van der Waals surface area contributed by atoms with E-state index in [1.54, 1.807) is 6.92 Å². The number of hydrogen-bond donors (Lipinski definition) is 3. The van der Waals surface area contributed by atoms with E-state index in [1.165, 1.54) is 0 Å². The summed E-state index contributed by atoms with van der Waals surface area (Å²) in [5, 5.41) is 29.3. The van der Waals surface area contributed by atoms with Gasteiger partial charge in [-0.2, -0.15) is 0 Å². The number of ether oxygens (including phenoxy) is 1. The Morgan fingerprint density at radius 1 is 1.13 bits per heavy atom. The molecule has 0 aromatic heterocycles. The minimum absolute atomic E-state index is 0.0901. The van der Waals surface area contributed by atoms with Crippen LogP contribution in [0.1, 0.15) is 91.9 Å². The zero-order valence-corrected chi connectivity index (χ0v) is 19.9. The van der Waals surface area contributed by atoms with Crippen LogP contribution in [0.3, 0.4) is 0 Å². The summed E-state index contributed by atoms with van der Waals surface area (Å²) in [6.45, 7) is 11.7. The number of rotatable bonds is 16. The van der Waals surface area contributed by atoms with E-state index in [0.29, 0.717) is 25.2 Å². The van der Waals surface area contributed by atoms with E-state index in [0.717, 1.165) is 44.1 Å². The third-order valence-corrected chi connectivity index (χ3v) is 6.49. The van der Waals surface area contributed by atoms with Crippen molar-refractivity contribution in [1.82, 2.24) is 0 Å². The first-order valence-corrected chi connectivity index (χ1v) is 12.0. The number of aliphatic hydroxyl groups excluding tert-OH is 2. The fraction of sp³-hybridized carbons (Fsp3) is 0.840. The second-order valence-electron chi connectivity index (χ2n) is 9.73. The van der Waals surface area contributed by atoms with Crippen LogP contribution in [0.15, 0.2) is 12.2 Å². The molecule has 1 aliphatic rings. The molecule has 7 atom stereocenters. The van der Waals surface area contributed by atoms with Crippen molar-refractivity contribution >= 4 is 11.8 Å². The largest absolute Gasteiger partial charge is 0.481 e. The van der Waals surface area contributed by atoms with Crippen molar-refractivity contribution in [1.29, 1.82) is 0 Å². The summed E-state index contributed by atoms with van der Waals surface area (Å²) < 4.78 is 6.09. The lowest BCUT2D eigenvalue weighted by Crippen LogP contribution is -2.31. The highest BCUT2D eigenvalue weighted by Crippen LogP contribution is 2.32. The van der Waals surface area contributed by atoms with Gasteiger partial charge in [-0.05, 0) is 50.4 Å². The zero-order chi connectivity index (χ0) is 23.6. The lowest BCUT2D eigenvalue weighted by Gasteiger charge is -2.21. The second kappa shape index (κ2) is 14.0. The lowest BCUT2D eigenvalue weighted by atomic mass is 9.89. The molecule has 6 nitrogen and oxygen atoms in total. The van der Waals surface area contributed by atoms with Crippen molar-refractivity contribution in [3.63, 3.8) is 0 Å². The summed E-state index contributed by atoms with van der Waals surface area (Å²) in [6, 6.07) is 0. The first-order chi connectivity index (χ1) is 14.5. The van der Waals surface area contributed by atoms with Crippen molar-refractivity contribution in [3.8, 4) is 0 Å². The van der Waals surface area contributed by atoms with Crippen LogP contribution < -0.4 is 0 Å². The Balaban J connectivity index is 2.37. The molecule has 1 fully saturated rings. The minimum atomic E-state index is -1.05. The van der Waals surface area contributed by atoms with Gasteiger partial charge < -0.3 is 20.1 Å². The quantitative estimate of drug-likeness (QED) is 0.241. The van der Waals surface area contributed by atoms with Gasteiger partial charge >= 0.3 is 5.97 Å². The third kappa shape index (κ3) is 10.3. The summed E-state index contributed by atoms with van der Waals surface area (Å²) >= 11 is 0. The first kappa shape index (κ1) is 27.8. The maximum Gasteiger partial charge on any atom is 0.306 e. The van der Waals surface area contributed by atoms with Crippen LogP contribution >= 0.6 is 0 Å². The number of hydrogen-bond acceptors (Lipinski definition) is 5. The molecule has 0 radical (unpaired) electrons. The van der Waals surface area contributed by atoms with Crippen molar-refractivity contribution in [3.05, 3.63) is 12.2 Å². The number of aliphatic carboxylic acids is 1. The highest BCUT2D eigenvalue weighted by Gasteiger charge is 2.35. The Kier molecular flexibility index (Phi) is 12.6. The van der Waals surface area contributed by atoms with Gasteiger partial charge in [-0.3, -0.25) is 9.59 Å². The number of carboxylic acid groups (broad SMARTS) is 1. The van der Waals surface area contributed by atoms with Crippen molar-refractivity contribution in [2.75, 3.05) is 0 Å². The normalized spacial score (nSPS) is 25.0. The van der Waals surface area contributed by atoms with Gasteiger partial charge in [-0.25, -0.2) is 0 Å². The van der Waals surface area contributed by atoms with E-state index in [1.807, 2.05) is 13.8 Å². The number of ketones is 1. The van der Waals surface area contributed by atoms with Gasteiger partial charge in [0.05, 0.1) is 24.2 Å². The van der Waals surface area contributed by atoms with Crippen LogP contribution in [0.25, 0.3) is 0 Å². The number of carboxylic acids is 1. The van der Waals surface area contributed by atoms with Gasteiger partial charge in [0.15, 0.2) is 5.78 Å². The Labute approximate surface area is 188 Å². The number of unbranched alkanes of at least 4 members (excludes halogenated alkanes) is 1. The number of carbonyl (C=O) groups is 2. The van der Waals surface area contributed by atoms with E-state index in [2.05, 4.69) is 13.5 Å². The number of Topliss-reactive ketones (excluding diaryl/α,β-unsaturated/α-hetero) is 1. The van der Waals surface area contributed by atoms with Crippen molar-refractivity contribution in [2.45, 2.75) is 116 Å². The van der Waals surface area contributed by atoms with E-state index in [9.17, 15) is 19.8 Å². The predicted molar refractivity (Wildman–Crippen MR) is 122 cm³/mol. The summed E-state index contributed by atoms with van der Waals surface area (Å²) in [5.41, 5.74) is 0.864. The molecule has 1 heterocycles. The fourth-order valence-electron chi connectivity index (χ4n) is 4.49. The van der Waals surface area contributed by atoms with Crippen molar-refractivity contribution < 1.29 is 29.6 Å². The Morgan fingerprint density at radius 2 is 1.81 bits per heavy atom. The molecule has 180 valence electrons. The SMILES string of the molecule is C=C(C[C@H](O)CCC)C[C@@H](C)[C@H](O)C(=O)C[C@H]1C[C@H](C)[C@H](CCCC[C@H](C)C(=O)O)O1. The third-order valence-electron chi connectivity index (χ3n) is 6.49. The fourth-order valence-corrected chi connectivity index (χ4v) is 4.49. The summed E-state index contributed by atoms with van der Waals surface area (Å²) in [5.74, 6) is -1.15. The molecule has 31 heavy (non-hydrogen) atoms. The van der Waals surface area contributed by atoms with Gasteiger partial charge in [0.25, 0.3) is 0 Å². The molecule has 0 aromatic rings. The second-order valence-corrected chi connectivity index (χ2v) is 9.73. The number of carbonyl (C=O) groups excluding carboxylic acids is 1. The van der Waals surface area contributed by atoms with E-state index in [-0.39, 0.29) is 36.2 Å². The highest BCUT2D eigenvalue weighted by atomic mass is 16.5. The molecule has 0 saturated carbocycles. The molecular weight excluding hydrogens is 396 g/mol. The van der Waals surface area contributed by atoms with Crippen LogP contribution in [0.2, 0.25) is 0 Å². The minimum Gasteiger partial charge on any atom is -0.481 e. The van der Waals surface area contributed by atoms with E-state index >= 15 is 0 Å². The van der Waals surface area contributed by atoms with Crippen LogP contribution in [0.4, 0.5) is 0 Å². The molecule has 0 amide bonds. The van der Waals surface area contributed by atoms with Crippen molar-refractivity contribution in [2.24, 2.45) is 17.8 Å². The molecule has 1 rings (SSSR count). The molecule has 1 aliphatic heterocycles. The first-order valence-electron chi connectivity index (χ1n) is 12.0. The number of aliphatic hydroxyl groups is 2. The predicted octanol–water partition coefficient (Wildman–Crippen LogP) is 4.51. The Morgan fingerprint density at radius 3 is 2.42 bits per heavy atom. The molecular formula is C25H44O6. The van der Waals surface area contributed by atoms with Crippen LogP contribution in [-0.2, 0) is 14.3 Å². The Bertz CT molecular complexity index is 574. The molecule has 6 heteroatoms. The average molecular weight is 441 g/mol. The molecule has 0 aromatic carbocycles. The highest BCUT2D eigenvalue weighted by molar-refractivity contribution is 5.83. The molecule has 0 bridgehead atoms. The molecule has 3 N–H and O–H groups in total. The molecule has 1 saturated heterocycles. The Hall–Kier alpha value is -1.24. The van der Waals surface area contributed by atoms with Gasteiger partial charge in [0.2, 0.25) is 0 Å². The van der Waals surface area contributed by atoms with Gasteiger partial charge in [0.1, 0.15) is 6.10 Å². The van der Waals surface area contributed by atoms with Gasteiger partial charge in [-0.1, -0.05) is 59.1 Å². The lowest BCUT2D eigenvalue weighted by molar-refractivity contribution is -0.141. The van der Waals surface area contributed by atoms with Crippen LogP contribution in [-0.4, -0.2) is 51.5 Å². The summed E-state index contributed by atoms with van der Waals surface area (Å²) in [7, 11) is 0. The van der Waals surface area contributed by atoms with E-state index < -0.39 is 18.2 Å². The smallest absolute Gasteiger partial charge is 0.306 e. The zero-order valence-electron chi connectivity index (χ0n) is 19.9. The van der Waals surface area contributed by atoms with Crippen LogP contribution in [0, 0.1) is 17.8 Å². The molecule has 0 unspecified atom stereocenters. The summed E-state index contributed by atoms with van der Waals surface area (Å²) in [4.78, 5) is 23.5. The molecule has 0 aliphatic carbocycles. The standard InChI is InChI=1S/C25H44O6/c1-6-9-20(26)13-16(2)12-19(5)24(28)22(27)15-21-14-18(4)23(31-21)11-8-7-10-17(3)25(29)30/h17-21,23-24,26,28H,2,6-15H2,1,3-5H3,(H,29,30)/t17-,18-,19+,20+,21+,23-,24-/m0/s1. The van der Waals surface area contributed by atoms with E-state index in [4.69, 9.17) is 9.84 Å². The van der Waals surface area contributed by atoms with Gasteiger partial charge in [-0.15, -0.1) is 0 Å². The monoisotopic (exact) mass is 440 g/mol. The maximum absolute atomic E-state index is 12.6. The maximum atomic E-state index is 12.6. The van der Waals surface area contributed by atoms with Gasteiger partial charge in [0, 0.05) is 6.42 Å². The average Bonchev–Trinajstić information content (AvgIpc) is 3.02. The topological polar surface area (TPSA) is 104 Å².